The highest BCUT2D eigenvalue weighted by molar-refractivity contribution is 8.00. The summed E-state index contributed by atoms with van der Waals surface area (Å²) in [5.41, 5.74) is 2.01. The average molecular weight is 278 g/mol. The fourth-order valence-electron chi connectivity index (χ4n) is 2.28. The van der Waals surface area contributed by atoms with Crippen LogP contribution in [0, 0.1) is 0 Å². The fraction of sp³-hybridized carbons (Fsp3) is 0.500. The monoisotopic (exact) mass is 278 g/mol. The Morgan fingerprint density at radius 2 is 2.32 bits per heavy atom. The van der Waals surface area contributed by atoms with Gasteiger partial charge in [-0.05, 0) is 25.1 Å². The predicted octanol–water partition coefficient (Wildman–Crippen LogP) is 2.17. The number of fused-ring (bicyclic) bond motifs is 1. The van der Waals surface area contributed by atoms with Crippen LogP contribution in [-0.4, -0.2) is 30.9 Å². The van der Waals surface area contributed by atoms with Crippen molar-refractivity contribution in [3.05, 3.63) is 23.8 Å². The Balaban J connectivity index is 1.74. The summed E-state index contributed by atoms with van der Waals surface area (Å²) in [6, 6.07) is 6.04. The van der Waals surface area contributed by atoms with Crippen LogP contribution in [0.4, 0.5) is 5.69 Å². The summed E-state index contributed by atoms with van der Waals surface area (Å²) in [6.45, 7) is 4.61. The molecule has 0 aromatic heterocycles. The van der Waals surface area contributed by atoms with Crippen molar-refractivity contribution < 1.29 is 9.53 Å². The van der Waals surface area contributed by atoms with Crippen LogP contribution in [-0.2, 0) is 9.53 Å². The van der Waals surface area contributed by atoms with E-state index in [4.69, 9.17) is 4.74 Å². The molecule has 1 atom stereocenters. The van der Waals surface area contributed by atoms with Crippen molar-refractivity contribution in [2.24, 2.45) is 0 Å². The van der Waals surface area contributed by atoms with Gasteiger partial charge >= 0.3 is 0 Å². The zero-order chi connectivity index (χ0) is 13.2. The van der Waals surface area contributed by atoms with Gasteiger partial charge in [0.1, 0.15) is 6.04 Å². The zero-order valence-electron chi connectivity index (χ0n) is 10.9. The molecule has 5 heteroatoms. The number of carbonyl (C=O) groups excluding carboxylic acids is 1. The van der Waals surface area contributed by atoms with Gasteiger partial charge in [-0.25, -0.2) is 0 Å². The highest BCUT2D eigenvalue weighted by atomic mass is 32.2. The second kappa shape index (κ2) is 5.53. The minimum Gasteiger partial charge on any atom is -0.379 e. The lowest BCUT2D eigenvalue weighted by Crippen LogP contribution is -2.30. The summed E-state index contributed by atoms with van der Waals surface area (Å²) in [5.74, 6) is 0.0533. The van der Waals surface area contributed by atoms with Gasteiger partial charge < -0.3 is 15.4 Å². The van der Waals surface area contributed by atoms with Crippen molar-refractivity contribution in [3.63, 3.8) is 0 Å². The smallest absolute Gasteiger partial charge is 0.246 e. The van der Waals surface area contributed by atoms with E-state index in [1.165, 1.54) is 4.90 Å². The summed E-state index contributed by atoms with van der Waals surface area (Å²) in [4.78, 5) is 13.1. The molecule has 1 aromatic rings. The van der Waals surface area contributed by atoms with E-state index in [0.29, 0.717) is 5.25 Å². The quantitative estimate of drug-likeness (QED) is 0.866. The Kier molecular flexibility index (Phi) is 3.77. The van der Waals surface area contributed by atoms with E-state index in [-0.39, 0.29) is 11.9 Å². The molecule has 3 rings (SSSR count). The maximum absolute atomic E-state index is 11.9. The highest BCUT2D eigenvalue weighted by Crippen LogP contribution is 2.36. The number of amides is 1. The largest absolute Gasteiger partial charge is 0.379 e. The van der Waals surface area contributed by atoms with E-state index in [2.05, 4.69) is 35.8 Å². The average Bonchev–Trinajstić information content (AvgIpc) is 2.66. The molecule has 0 bridgehead atoms. The molecule has 0 radical (unpaired) electrons. The number of nitrogens with one attached hydrogen (secondary N) is 2. The molecule has 0 aliphatic carbocycles. The van der Waals surface area contributed by atoms with Crippen molar-refractivity contribution in [2.45, 2.75) is 29.5 Å². The van der Waals surface area contributed by atoms with Gasteiger partial charge in [-0.15, -0.1) is 11.8 Å². The van der Waals surface area contributed by atoms with Crippen LogP contribution in [0.2, 0.25) is 0 Å². The molecule has 1 saturated heterocycles. The molecule has 4 nitrogen and oxygen atoms in total. The number of hydrogen-bond acceptors (Lipinski definition) is 4. The van der Waals surface area contributed by atoms with Gasteiger partial charge in [0.2, 0.25) is 5.91 Å². The SMILES string of the molecule is CCCNC1C(=O)Nc2cc(SC3COC3)ccc21. The number of rotatable bonds is 5. The van der Waals surface area contributed by atoms with Gasteiger partial charge in [-0.1, -0.05) is 13.0 Å². The maximum Gasteiger partial charge on any atom is 0.246 e. The molecule has 1 amide bonds. The van der Waals surface area contributed by atoms with Crippen LogP contribution in [0.25, 0.3) is 0 Å². The molecule has 1 fully saturated rings. The van der Waals surface area contributed by atoms with Crippen LogP contribution in [0.5, 0.6) is 0 Å². The molecular weight excluding hydrogens is 260 g/mol. The second-order valence-corrected chi connectivity index (χ2v) is 6.28. The Labute approximate surface area is 117 Å². The molecule has 2 aliphatic rings. The molecule has 2 heterocycles. The summed E-state index contributed by atoms with van der Waals surface area (Å²) >= 11 is 1.82. The van der Waals surface area contributed by atoms with Crippen LogP contribution in [0.1, 0.15) is 24.9 Å². The Bertz CT molecular complexity index is 488. The minimum absolute atomic E-state index is 0.0533. The van der Waals surface area contributed by atoms with Gasteiger partial charge in [0.25, 0.3) is 0 Å². The van der Waals surface area contributed by atoms with Gasteiger partial charge in [0.05, 0.1) is 18.5 Å². The number of hydrogen-bond donors (Lipinski definition) is 2. The first-order chi connectivity index (χ1) is 9.28. The van der Waals surface area contributed by atoms with E-state index >= 15 is 0 Å². The van der Waals surface area contributed by atoms with Crippen molar-refractivity contribution in [1.82, 2.24) is 5.32 Å². The Morgan fingerprint density at radius 1 is 1.47 bits per heavy atom. The summed E-state index contributed by atoms with van der Waals surface area (Å²) in [5, 5.41) is 6.80. The number of carbonyl (C=O) groups is 1. The highest BCUT2D eigenvalue weighted by Gasteiger charge is 2.30. The molecule has 0 spiro atoms. The lowest BCUT2D eigenvalue weighted by atomic mass is 10.1. The standard InChI is InChI=1S/C14H18N2O2S/c1-2-5-15-13-11-4-3-9(19-10-7-18-8-10)6-12(11)16-14(13)17/h3-4,6,10,13,15H,2,5,7-8H2,1H3,(H,16,17). The van der Waals surface area contributed by atoms with Crippen LogP contribution in [0.15, 0.2) is 23.1 Å². The normalized spacial score (nSPS) is 21.9. The molecule has 2 N–H and O–H groups in total. The lowest BCUT2D eigenvalue weighted by molar-refractivity contribution is -0.117. The third kappa shape index (κ3) is 2.63. The van der Waals surface area contributed by atoms with E-state index in [1.54, 1.807) is 0 Å². The first-order valence-electron chi connectivity index (χ1n) is 6.70. The Hall–Kier alpha value is -1.04. The van der Waals surface area contributed by atoms with Crippen LogP contribution < -0.4 is 10.6 Å². The summed E-state index contributed by atoms with van der Waals surface area (Å²) in [7, 11) is 0. The van der Waals surface area contributed by atoms with E-state index in [1.807, 2.05) is 11.8 Å². The molecule has 1 unspecified atom stereocenters. The van der Waals surface area contributed by atoms with Gasteiger partial charge in [-0.3, -0.25) is 4.79 Å². The van der Waals surface area contributed by atoms with Gasteiger partial charge in [0, 0.05) is 16.1 Å². The van der Waals surface area contributed by atoms with Gasteiger partial charge in [0.15, 0.2) is 0 Å². The third-order valence-corrected chi connectivity index (χ3v) is 4.50. The fourth-order valence-corrected chi connectivity index (χ4v) is 3.33. The third-order valence-electron chi connectivity index (χ3n) is 3.36. The zero-order valence-corrected chi connectivity index (χ0v) is 11.8. The van der Waals surface area contributed by atoms with Crippen molar-refractivity contribution in [2.75, 3.05) is 25.1 Å². The second-order valence-electron chi connectivity index (χ2n) is 4.90. The minimum atomic E-state index is -0.193. The predicted molar refractivity (Wildman–Crippen MR) is 76.6 cm³/mol. The van der Waals surface area contributed by atoms with Crippen LogP contribution in [0.3, 0.4) is 0 Å². The van der Waals surface area contributed by atoms with E-state index in [0.717, 1.165) is 37.4 Å². The molecular formula is C14H18N2O2S. The molecule has 1 aromatic carbocycles. The van der Waals surface area contributed by atoms with Crippen molar-refractivity contribution in [3.8, 4) is 0 Å². The number of thioether (sulfide) groups is 1. The number of benzene rings is 1. The first-order valence-corrected chi connectivity index (χ1v) is 7.58. The maximum atomic E-state index is 11.9. The van der Waals surface area contributed by atoms with Crippen molar-refractivity contribution in [1.29, 1.82) is 0 Å². The Morgan fingerprint density at radius 3 is 3.00 bits per heavy atom. The van der Waals surface area contributed by atoms with Crippen molar-refractivity contribution >= 4 is 23.4 Å². The molecule has 2 aliphatic heterocycles. The van der Waals surface area contributed by atoms with Crippen LogP contribution >= 0.6 is 11.8 Å². The molecule has 102 valence electrons. The topological polar surface area (TPSA) is 50.4 Å². The molecule has 0 saturated carbocycles. The van der Waals surface area contributed by atoms with E-state index in [9.17, 15) is 4.79 Å². The first kappa shape index (κ1) is 13.0. The van der Waals surface area contributed by atoms with Gasteiger partial charge in [-0.2, -0.15) is 0 Å². The number of anilines is 1. The molecule has 19 heavy (non-hydrogen) atoms. The lowest BCUT2D eigenvalue weighted by Gasteiger charge is -2.25. The summed E-state index contributed by atoms with van der Waals surface area (Å²) in [6.07, 6.45) is 1.02. The summed E-state index contributed by atoms with van der Waals surface area (Å²) < 4.78 is 5.18. The number of ether oxygens (including phenoxy) is 1. The van der Waals surface area contributed by atoms with E-state index < -0.39 is 0 Å².